The Morgan fingerprint density at radius 1 is 1.64 bits per heavy atom. The minimum atomic E-state index is -1.14. The van der Waals surface area contributed by atoms with E-state index in [2.05, 4.69) is 0 Å². The summed E-state index contributed by atoms with van der Waals surface area (Å²) < 4.78 is 10.3. The van der Waals surface area contributed by atoms with Crippen LogP contribution in [0.15, 0.2) is 0 Å². The van der Waals surface area contributed by atoms with E-state index in [1.807, 2.05) is 0 Å². The van der Waals surface area contributed by atoms with Crippen LogP contribution in [-0.4, -0.2) is 36.0 Å². The fraction of sp³-hybridized carbons (Fsp3) is 0.857. The highest BCUT2D eigenvalue weighted by molar-refractivity contribution is 5.63. The Morgan fingerprint density at radius 2 is 2.27 bits per heavy atom. The molecule has 1 aliphatic rings. The SMILES string of the molecule is CC1(C)OCC(C=O)(CO)O1. The van der Waals surface area contributed by atoms with Crippen molar-refractivity contribution in [2.45, 2.75) is 25.2 Å². The topological polar surface area (TPSA) is 55.8 Å². The molecule has 11 heavy (non-hydrogen) atoms. The molecule has 0 bridgehead atoms. The van der Waals surface area contributed by atoms with Crippen LogP contribution in [0.3, 0.4) is 0 Å². The molecule has 0 aromatic rings. The summed E-state index contributed by atoms with van der Waals surface area (Å²) in [5, 5.41) is 8.81. The predicted octanol–water partition coefficient (Wildman–Crippen LogP) is -0.301. The fourth-order valence-corrected chi connectivity index (χ4v) is 1.02. The molecule has 1 N–H and O–H groups in total. The van der Waals surface area contributed by atoms with Gasteiger partial charge in [-0.3, -0.25) is 4.79 Å². The molecule has 1 saturated heterocycles. The first-order valence-corrected chi connectivity index (χ1v) is 3.45. The molecule has 4 nitrogen and oxygen atoms in total. The monoisotopic (exact) mass is 160 g/mol. The number of carbonyl (C=O) groups is 1. The molecule has 1 rings (SSSR count). The Balaban J connectivity index is 2.70. The van der Waals surface area contributed by atoms with Crippen molar-refractivity contribution in [1.29, 1.82) is 0 Å². The Labute approximate surface area is 65.1 Å². The number of aliphatic hydroxyl groups is 1. The maximum atomic E-state index is 10.5. The van der Waals surface area contributed by atoms with Crippen molar-refractivity contribution >= 4 is 6.29 Å². The van der Waals surface area contributed by atoms with Crippen molar-refractivity contribution < 1.29 is 19.4 Å². The lowest BCUT2D eigenvalue weighted by atomic mass is 10.1. The van der Waals surface area contributed by atoms with Gasteiger partial charge in [-0.1, -0.05) is 0 Å². The van der Waals surface area contributed by atoms with Crippen molar-refractivity contribution in [1.82, 2.24) is 0 Å². The van der Waals surface area contributed by atoms with E-state index in [1.165, 1.54) is 0 Å². The number of ether oxygens (including phenoxy) is 2. The lowest BCUT2D eigenvalue weighted by Crippen LogP contribution is -2.39. The van der Waals surface area contributed by atoms with Gasteiger partial charge in [0.15, 0.2) is 17.7 Å². The maximum Gasteiger partial charge on any atom is 0.172 e. The first-order chi connectivity index (χ1) is 5.04. The smallest absolute Gasteiger partial charge is 0.172 e. The molecule has 0 radical (unpaired) electrons. The number of aliphatic hydroxyl groups excluding tert-OH is 1. The Morgan fingerprint density at radius 3 is 2.45 bits per heavy atom. The molecular weight excluding hydrogens is 148 g/mol. The summed E-state index contributed by atoms with van der Waals surface area (Å²) in [6, 6.07) is 0. The zero-order valence-electron chi connectivity index (χ0n) is 6.66. The first-order valence-electron chi connectivity index (χ1n) is 3.45. The molecule has 1 fully saturated rings. The quantitative estimate of drug-likeness (QED) is 0.563. The van der Waals surface area contributed by atoms with Crippen LogP contribution in [0.4, 0.5) is 0 Å². The van der Waals surface area contributed by atoms with E-state index >= 15 is 0 Å². The van der Waals surface area contributed by atoms with Crippen LogP contribution in [0, 0.1) is 0 Å². The van der Waals surface area contributed by atoms with Crippen LogP contribution in [0.25, 0.3) is 0 Å². The van der Waals surface area contributed by atoms with Crippen molar-refractivity contribution in [2.24, 2.45) is 0 Å². The summed E-state index contributed by atoms with van der Waals surface area (Å²) >= 11 is 0. The van der Waals surface area contributed by atoms with E-state index in [0.29, 0.717) is 6.29 Å². The Bertz CT molecular complexity index is 166. The van der Waals surface area contributed by atoms with Gasteiger partial charge in [-0.2, -0.15) is 0 Å². The van der Waals surface area contributed by atoms with E-state index in [1.54, 1.807) is 13.8 Å². The van der Waals surface area contributed by atoms with Crippen molar-refractivity contribution in [3.05, 3.63) is 0 Å². The molecule has 0 amide bonds. The van der Waals surface area contributed by atoms with Crippen LogP contribution in [0.1, 0.15) is 13.8 Å². The van der Waals surface area contributed by atoms with Gasteiger partial charge in [-0.25, -0.2) is 0 Å². The van der Waals surface area contributed by atoms with Crippen molar-refractivity contribution in [3.8, 4) is 0 Å². The summed E-state index contributed by atoms with van der Waals surface area (Å²) in [7, 11) is 0. The average Bonchev–Trinajstić information content (AvgIpc) is 2.28. The van der Waals surface area contributed by atoms with Gasteiger partial charge >= 0.3 is 0 Å². The molecule has 1 atom stereocenters. The molecule has 0 aliphatic carbocycles. The molecule has 4 heteroatoms. The van der Waals surface area contributed by atoms with Gasteiger partial charge in [0.05, 0.1) is 13.2 Å². The summed E-state index contributed by atoms with van der Waals surface area (Å²) in [4.78, 5) is 10.5. The first kappa shape index (κ1) is 8.64. The summed E-state index contributed by atoms with van der Waals surface area (Å²) in [6.07, 6.45) is 0.585. The van der Waals surface area contributed by atoms with Gasteiger partial charge in [-0.15, -0.1) is 0 Å². The van der Waals surface area contributed by atoms with E-state index in [4.69, 9.17) is 14.6 Å². The molecular formula is C7H12O4. The van der Waals surface area contributed by atoms with Gasteiger partial charge in [0.25, 0.3) is 0 Å². The molecule has 1 aliphatic heterocycles. The second kappa shape index (κ2) is 2.55. The van der Waals surface area contributed by atoms with E-state index in [-0.39, 0.29) is 13.2 Å². The van der Waals surface area contributed by atoms with Crippen molar-refractivity contribution in [2.75, 3.05) is 13.2 Å². The van der Waals surface area contributed by atoms with Crippen molar-refractivity contribution in [3.63, 3.8) is 0 Å². The van der Waals surface area contributed by atoms with Crippen LogP contribution >= 0.6 is 0 Å². The molecule has 0 aromatic carbocycles. The van der Waals surface area contributed by atoms with Gasteiger partial charge in [0.1, 0.15) is 0 Å². The second-order valence-electron chi connectivity index (χ2n) is 3.13. The normalized spacial score (nSPS) is 35.5. The molecule has 0 saturated carbocycles. The Hall–Kier alpha value is -0.450. The number of rotatable bonds is 2. The van der Waals surface area contributed by atoms with E-state index in [0.717, 1.165) is 0 Å². The highest BCUT2D eigenvalue weighted by Crippen LogP contribution is 2.28. The van der Waals surface area contributed by atoms with E-state index in [9.17, 15) is 4.79 Å². The van der Waals surface area contributed by atoms with Gasteiger partial charge in [0.2, 0.25) is 0 Å². The molecule has 1 unspecified atom stereocenters. The summed E-state index contributed by atoms with van der Waals surface area (Å²) in [5.41, 5.74) is -1.14. The number of hydrogen-bond acceptors (Lipinski definition) is 4. The minimum absolute atomic E-state index is 0.125. The third-order valence-corrected chi connectivity index (χ3v) is 1.60. The molecule has 64 valence electrons. The fourth-order valence-electron chi connectivity index (χ4n) is 1.02. The molecule has 0 aromatic heterocycles. The molecule has 1 heterocycles. The number of aldehydes is 1. The second-order valence-corrected chi connectivity index (χ2v) is 3.13. The third-order valence-electron chi connectivity index (χ3n) is 1.60. The lowest BCUT2D eigenvalue weighted by Gasteiger charge is -2.21. The minimum Gasteiger partial charge on any atom is -0.393 e. The predicted molar refractivity (Wildman–Crippen MR) is 37.0 cm³/mol. The van der Waals surface area contributed by atoms with Crippen LogP contribution in [-0.2, 0) is 14.3 Å². The lowest BCUT2D eigenvalue weighted by molar-refractivity contribution is -0.171. The van der Waals surface area contributed by atoms with Gasteiger partial charge < -0.3 is 14.6 Å². The number of hydrogen-bond donors (Lipinski definition) is 1. The highest BCUT2D eigenvalue weighted by Gasteiger charge is 2.45. The number of carbonyl (C=O) groups excluding carboxylic acids is 1. The Kier molecular flexibility index (Phi) is 2.00. The summed E-state index contributed by atoms with van der Waals surface area (Å²) in [6.45, 7) is 3.20. The van der Waals surface area contributed by atoms with Crippen LogP contribution < -0.4 is 0 Å². The highest BCUT2D eigenvalue weighted by atomic mass is 16.8. The van der Waals surface area contributed by atoms with Gasteiger partial charge in [0, 0.05) is 0 Å². The average molecular weight is 160 g/mol. The zero-order valence-corrected chi connectivity index (χ0v) is 6.66. The van der Waals surface area contributed by atoms with Crippen LogP contribution in [0.2, 0.25) is 0 Å². The van der Waals surface area contributed by atoms with Gasteiger partial charge in [-0.05, 0) is 13.8 Å². The maximum absolute atomic E-state index is 10.5. The molecule has 0 spiro atoms. The van der Waals surface area contributed by atoms with Crippen LogP contribution in [0.5, 0.6) is 0 Å². The summed E-state index contributed by atoms with van der Waals surface area (Å²) in [5.74, 6) is -0.760. The largest absolute Gasteiger partial charge is 0.393 e. The van der Waals surface area contributed by atoms with E-state index < -0.39 is 11.4 Å². The zero-order chi connectivity index (χ0) is 8.54. The third kappa shape index (κ3) is 1.58. The standard InChI is InChI=1S/C7H12O4/c1-6(2)10-5-7(3-8,4-9)11-6/h3,9H,4-5H2,1-2H3.